The molecule has 0 radical (unpaired) electrons. The Morgan fingerprint density at radius 2 is 1.91 bits per heavy atom. The average molecular weight is 600 g/mol. The quantitative estimate of drug-likeness (QED) is 0.196. The van der Waals surface area contributed by atoms with E-state index in [0.29, 0.717) is 45.6 Å². The van der Waals surface area contributed by atoms with E-state index in [0.717, 1.165) is 21.5 Å². The van der Waals surface area contributed by atoms with Crippen LogP contribution in [0.5, 0.6) is 0 Å². The summed E-state index contributed by atoms with van der Waals surface area (Å²) in [6.07, 6.45) is 6.21. The maximum atomic E-state index is 14.0. The van der Waals surface area contributed by atoms with Crippen molar-refractivity contribution in [1.29, 1.82) is 5.26 Å². The van der Waals surface area contributed by atoms with E-state index < -0.39 is 17.8 Å². The molecule has 12 heteroatoms. The topological polar surface area (TPSA) is 106 Å². The average Bonchev–Trinajstić information content (AvgIpc) is 3.52. The number of aryl methyl sites for hydroxylation is 1. The van der Waals surface area contributed by atoms with Crippen LogP contribution < -0.4 is 21.6 Å². The molecule has 6 rings (SSSR count). The third-order valence-electron chi connectivity index (χ3n) is 8.10. The highest BCUT2D eigenvalue weighted by molar-refractivity contribution is 5.99. The molecule has 44 heavy (non-hydrogen) atoms. The number of nitrogens with zero attached hydrogens (tertiary/aromatic N) is 5. The van der Waals surface area contributed by atoms with Crippen molar-refractivity contribution in [2.24, 2.45) is 12.5 Å². The Hall–Kier alpha value is -4.94. The van der Waals surface area contributed by atoms with Crippen molar-refractivity contribution in [3.63, 3.8) is 0 Å². The standard InChI is InChI=1S/C32H32F3N9/c1-6-19-15-37-28-20(14-36)12-21(13-23(28)27(19)38-18-30(2,3)4)40-29(22-8-7-9-26-24(22)16-39-43(26)5)25-17-44(42-41-25)31(10-11-31)32(33,34)35/h1,7-9,12-13,15-17,29,40-42H,10-11,18H2,2-5H3,(H,37,38)/t29-/m0/s1. The predicted molar refractivity (Wildman–Crippen MR) is 164 cm³/mol. The van der Waals surface area contributed by atoms with Crippen molar-refractivity contribution >= 4 is 33.2 Å². The van der Waals surface area contributed by atoms with Crippen LogP contribution in [0.1, 0.15) is 56.3 Å². The minimum absolute atomic E-state index is 0.00367. The van der Waals surface area contributed by atoms with Crippen LogP contribution in [0.2, 0.25) is 0 Å². The maximum Gasteiger partial charge on any atom is 0.413 e. The number of benzene rings is 2. The first-order valence-electron chi connectivity index (χ1n) is 14.2. The zero-order valence-corrected chi connectivity index (χ0v) is 24.8. The molecule has 1 atom stereocenters. The first kappa shape index (κ1) is 29.1. The van der Waals surface area contributed by atoms with E-state index in [1.165, 1.54) is 6.20 Å². The maximum absolute atomic E-state index is 14.0. The molecule has 226 valence electrons. The number of fused-ring (bicyclic) bond motifs is 2. The van der Waals surface area contributed by atoms with Crippen molar-refractivity contribution in [3.05, 3.63) is 71.3 Å². The minimum Gasteiger partial charge on any atom is -0.383 e. The molecular weight excluding hydrogens is 567 g/mol. The Kier molecular flexibility index (Phi) is 6.86. The molecule has 9 nitrogen and oxygen atoms in total. The zero-order valence-electron chi connectivity index (χ0n) is 24.8. The summed E-state index contributed by atoms with van der Waals surface area (Å²) in [5.74, 6) is 2.69. The zero-order chi connectivity index (χ0) is 31.4. The van der Waals surface area contributed by atoms with Gasteiger partial charge in [-0.1, -0.05) is 38.8 Å². The van der Waals surface area contributed by atoms with Crippen molar-refractivity contribution in [2.75, 3.05) is 17.2 Å². The lowest BCUT2D eigenvalue weighted by atomic mass is 9.96. The highest BCUT2D eigenvalue weighted by Crippen LogP contribution is 2.54. The van der Waals surface area contributed by atoms with Crippen molar-refractivity contribution in [2.45, 2.75) is 51.4 Å². The summed E-state index contributed by atoms with van der Waals surface area (Å²) in [6.45, 7) is 6.91. The summed E-state index contributed by atoms with van der Waals surface area (Å²) >= 11 is 0. The predicted octanol–water partition coefficient (Wildman–Crippen LogP) is 5.85. The van der Waals surface area contributed by atoms with Crippen LogP contribution in [0.15, 0.2) is 54.6 Å². The van der Waals surface area contributed by atoms with Gasteiger partial charge in [-0.3, -0.25) is 14.7 Å². The number of rotatable bonds is 7. The van der Waals surface area contributed by atoms with Gasteiger partial charge in [-0.15, -0.1) is 12.0 Å². The van der Waals surface area contributed by atoms with Crippen LogP contribution in [-0.4, -0.2) is 38.0 Å². The first-order chi connectivity index (χ1) is 20.8. The van der Waals surface area contributed by atoms with Crippen LogP contribution >= 0.6 is 0 Å². The second-order valence-corrected chi connectivity index (χ2v) is 12.5. The van der Waals surface area contributed by atoms with Gasteiger partial charge < -0.3 is 16.1 Å². The van der Waals surface area contributed by atoms with Gasteiger partial charge in [-0.2, -0.15) is 23.5 Å². The van der Waals surface area contributed by atoms with Gasteiger partial charge >= 0.3 is 6.18 Å². The Balaban J connectivity index is 1.49. The lowest BCUT2D eigenvalue weighted by Crippen LogP contribution is -2.52. The number of nitriles is 1. The Labute approximate surface area is 253 Å². The van der Waals surface area contributed by atoms with Gasteiger partial charge in [-0.25, -0.2) is 0 Å². The summed E-state index contributed by atoms with van der Waals surface area (Å²) in [5.41, 5.74) is 8.43. The smallest absolute Gasteiger partial charge is 0.383 e. The summed E-state index contributed by atoms with van der Waals surface area (Å²) in [7, 11) is 1.83. The summed E-state index contributed by atoms with van der Waals surface area (Å²) < 4.78 is 43.7. The number of hydrogen-bond donors (Lipinski definition) is 4. The fraction of sp³-hybridized carbons (Fsp3) is 0.344. The van der Waals surface area contributed by atoms with Crippen LogP contribution in [-0.2, 0) is 7.05 Å². The van der Waals surface area contributed by atoms with E-state index in [4.69, 9.17) is 6.42 Å². The molecule has 0 unspecified atom stereocenters. The van der Waals surface area contributed by atoms with Gasteiger partial charge in [-0.05, 0) is 42.0 Å². The molecular formula is C32H32F3N9. The van der Waals surface area contributed by atoms with Crippen LogP contribution in [0, 0.1) is 29.1 Å². The molecule has 0 bridgehead atoms. The number of pyridine rings is 1. The fourth-order valence-corrected chi connectivity index (χ4v) is 5.55. The number of halogens is 3. The third-order valence-corrected chi connectivity index (χ3v) is 8.10. The molecule has 2 aliphatic rings. The van der Waals surface area contributed by atoms with Gasteiger partial charge in [0.25, 0.3) is 0 Å². The van der Waals surface area contributed by atoms with E-state index in [9.17, 15) is 18.4 Å². The van der Waals surface area contributed by atoms with Crippen LogP contribution in [0.25, 0.3) is 21.8 Å². The van der Waals surface area contributed by atoms with Crippen molar-refractivity contribution < 1.29 is 13.2 Å². The Morgan fingerprint density at radius 1 is 1.14 bits per heavy atom. The van der Waals surface area contributed by atoms with Gasteiger partial charge in [0, 0.05) is 42.4 Å². The Morgan fingerprint density at radius 3 is 2.57 bits per heavy atom. The number of hydrogen-bond acceptors (Lipinski definition) is 8. The largest absolute Gasteiger partial charge is 0.413 e. The normalized spacial score (nSPS) is 16.7. The fourth-order valence-electron chi connectivity index (χ4n) is 5.55. The monoisotopic (exact) mass is 599 g/mol. The molecule has 4 aromatic rings. The van der Waals surface area contributed by atoms with E-state index in [-0.39, 0.29) is 18.3 Å². The molecule has 0 saturated heterocycles. The lowest BCUT2D eigenvalue weighted by molar-refractivity contribution is -0.195. The van der Waals surface area contributed by atoms with E-state index in [1.54, 1.807) is 23.1 Å². The highest BCUT2D eigenvalue weighted by atomic mass is 19.4. The Bertz CT molecular complexity index is 1880. The molecule has 4 N–H and O–H groups in total. The van der Waals surface area contributed by atoms with Gasteiger partial charge in [0.15, 0.2) is 5.54 Å². The second-order valence-electron chi connectivity index (χ2n) is 12.5. The van der Waals surface area contributed by atoms with E-state index >= 15 is 0 Å². The third kappa shape index (κ3) is 5.01. The molecule has 3 heterocycles. The molecule has 2 aromatic heterocycles. The highest BCUT2D eigenvalue weighted by Gasteiger charge is 2.67. The molecule has 1 saturated carbocycles. The number of alkyl halides is 3. The summed E-state index contributed by atoms with van der Waals surface area (Å²) in [4.78, 5) is 4.50. The van der Waals surface area contributed by atoms with Crippen LogP contribution in [0.3, 0.4) is 0 Å². The number of anilines is 2. The van der Waals surface area contributed by atoms with E-state index in [2.05, 4.69) is 64.4 Å². The SMILES string of the molecule is C#Cc1cnc2c(C#N)cc(N[C@H](C3=CN(C4(C(F)(F)F)CC4)NN3)c3cccc4c3cnn4C)cc2c1NCC(C)(C)C. The number of aromatic nitrogens is 3. The first-order valence-corrected chi connectivity index (χ1v) is 14.2. The molecule has 1 aliphatic carbocycles. The van der Waals surface area contributed by atoms with Crippen molar-refractivity contribution in [1.82, 2.24) is 30.7 Å². The lowest BCUT2D eigenvalue weighted by Gasteiger charge is -2.28. The molecule has 2 aromatic carbocycles. The molecule has 0 spiro atoms. The number of nitrogens with one attached hydrogen (secondary N) is 4. The van der Waals surface area contributed by atoms with Crippen LogP contribution in [0.4, 0.5) is 24.5 Å². The van der Waals surface area contributed by atoms with E-state index in [1.807, 2.05) is 31.3 Å². The summed E-state index contributed by atoms with van der Waals surface area (Å²) in [5, 5.41) is 24.1. The number of hydrazine groups is 2. The number of terminal acetylenes is 1. The van der Waals surface area contributed by atoms with Gasteiger partial charge in [0.05, 0.1) is 45.8 Å². The minimum atomic E-state index is -4.40. The second kappa shape index (κ2) is 10.4. The van der Waals surface area contributed by atoms with Gasteiger partial charge in [0.2, 0.25) is 0 Å². The molecule has 1 aliphatic heterocycles. The molecule has 1 fully saturated rings. The van der Waals surface area contributed by atoms with Gasteiger partial charge in [0.1, 0.15) is 6.07 Å². The summed E-state index contributed by atoms with van der Waals surface area (Å²) in [6, 6.07) is 10.9. The van der Waals surface area contributed by atoms with Crippen molar-refractivity contribution in [3.8, 4) is 18.4 Å². The molecule has 0 amide bonds.